The van der Waals surface area contributed by atoms with E-state index in [0.29, 0.717) is 21.2 Å². The highest BCUT2D eigenvalue weighted by molar-refractivity contribution is 6.38. The molecule has 0 unspecified atom stereocenters. The molecule has 1 amide bonds. The molecule has 0 bridgehead atoms. The quantitative estimate of drug-likeness (QED) is 0.432. The standard InChI is InChI=1S/C23H21Cl2N7O2/c1-13(33)31-7-5-16(6-8-31)32-12-15(11-28-32)14-9-17(21(26)27-10-14)22-29-30-23(34-22)20-18(24)3-2-4-19(20)25/h2-4,9-12,16H,5-8H2,1H3,(H2,26,27). The molecule has 0 aliphatic carbocycles. The Morgan fingerprint density at radius 2 is 1.79 bits per heavy atom. The van der Waals surface area contributed by atoms with Crippen molar-refractivity contribution in [1.29, 1.82) is 0 Å². The van der Waals surface area contributed by atoms with Crippen LogP contribution in [0.3, 0.4) is 0 Å². The molecular weight excluding hydrogens is 477 g/mol. The van der Waals surface area contributed by atoms with E-state index in [1.54, 1.807) is 37.5 Å². The van der Waals surface area contributed by atoms with Crippen LogP contribution in [0.5, 0.6) is 0 Å². The molecule has 1 aliphatic rings. The van der Waals surface area contributed by atoms with Crippen molar-refractivity contribution < 1.29 is 9.21 Å². The van der Waals surface area contributed by atoms with Gasteiger partial charge in [-0.25, -0.2) is 4.98 Å². The summed E-state index contributed by atoms with van der Waals surface area (Å²) >= 11 is 12.5. The minimum atomic E-state index is 0.112. The molecule has 2 N–H and O–H groups in total. The predicted octanol–water partition coefficient (Wildman–Crippen LogP) is 4.73. The highest BCUT2D eigenvalue weighted by Crippen LogP contribution is 2.36. The third kappa shape index (κ3) is 4.24. The lowest BCUT2D eigenvalue weighted by Crippen LogP contribution is -2.37. The van der Waals surface area contributed by atoms with Gasteiger partial charge in [0.05, 0.1) is 33.4 Å². The van der Waals surface area contributed by atoms with E-state index < -0.39 is 0 Å². The number of nitrogens with zero attached hydrogens (tertiary/aromatic N) is 6. The first kappa shape index (κ1) is 22.4. The Balaban J connectivity index is 1.41. The van der Waals surface area contributed by atoms with Crippen molar-refractivity contribution in [3.8, 4) is 34.0 Å². The van der Waals surface area contributed by atoms with Gasteiger partial charge in [-0.15, -0.1) is 10.2 Å². The number of hydrogen-bond donors (Lipinski definition) is 1. The Morgan fingerprint density at radius 1 is 1.09 bits per heavy atom. The summed E-state index contributed by atoms with van der Waals surface area (Å²) in [6.07, 6.45) is 7.17. The molecule has 4 aromatic rings. The number of aromatic nitrogens is 5. The summed E-state index contributed by atoms with van der Waals surface area (Å²) in [5.74, 6) is 0.774. The number of benzene rings is 1. The number of hydrogen-bond acceptors (Lipinski definition) is 7. The SMILES string of the molecule is CC(=O)N1CCC(n2cc(-c3cnc(N)c(-c4nnc(-c5c(Cl)cccc5Cl)o4)c3)cn2)CC1. The predicted molar refractivity (Wildman–Crippen MR) is 129 cm³/mol. The van der Waals surface area contributed by atoms with Gasteiger partial charge in [0.2, 0.25) is 5.91 Å². The zero-order chi connectivity index (χ0) is 23.8. The summed E-state index contributed by atoms with van der Waals surface area (Å²) in [7, 11) is 0. The fraction of sp³-hybridized carbons (Fsp3) is 0.261. The van der Waals surface area contributed by atoms with Gasteiger partial charge >= 0.3 is 0 Å². The highest BCUT2D eigenvalue weighted by atomic mass is 35.5. The summed E-state index contributed by atoms with van der Waals surface area (Å²) in [6, 6.07) is 7.22. The molecule has 1 saturated heterocycles. The second-order valence-electron chi connectivity index (χ2n) is 8.11. The van der Waals surface area contributed by atoms with Gasteiger partial charge in [-0.1, -0.05) is 29.3 Å². The molecule has 0 saturated carbocycles. The first-order valence-electron chi connectivity index (χ1n) is 10.7. The van der Waals surface area contributed by atoms with Crippen LogP contribution in [0, 0.1) is 0 Å². The van der Waals surface area contributed by atoms with Crippen LogP contribution < -0.4 is 5.73 Å². The minimum absolute atomic E-state index is 0.112. The molecule has 1 aliphatic heterocycles. The summed E-state index contributed by atoms with van der Waals surface area (Å²) in [5.41, 5.74) is 8.78. The molecule has 0 radical (unpaired) electrons. The average molecular weight is 498 g/mol. The van der Waals surface area contributed by atoms with Crippen molar-refractivity contribution in [3.63, 3.8) is 0 Å². The molecule has 4 heterocycles. The van der Waals surface area contributed by atoms with Crippen molar-refractivity contribution in [2.45, 2.75) is 25.8 Å². The number of carbonyl (C=O) groups excluding carboxylic acids is 1. The molecule has 11 heteroatoms. The van der Waals surface area contributed by atoms with Gasteiger partial charge in [0.25, 0.3) is 11.8 Å². The number of pyridine rings is 1. The van der Waals surface area contributed by atoms with Crippen LogP contribution in [0.15, 0.2) is 47.3 Å². The van der Waals surface area contributed by atoms with E-state index in [9.17, 15) is 4.79 Å². The minimum Gasteiger partial charge on any atom is -0.416 e. The molecule has 0 atom stereocenters. The normalized spacial score (nSPS) is 14.5. The van der Waals surface area contributed by atoms with E-state index in [2.05, 4.69) is 20.3 Å². The zero-order valence-electron chi connectivity index (χ0n) is 18.3. The van der Waals surface area contributed by atoms with Crippen LogP contribution in [0.4, 0.5) is 5.82 Å². The zero-order valence-corrected chi connectivity index (χ0v) is 19.8. The first-order valence-corrected chi connectivity index (χ1v) is 11.5. The van der Waals surface area contributed by atoms with Crippen molar-refractivity contribution >= 4 is 34.9 Å². The maximum absolute atomic E-state index is 11.6. The van der Waals surface area contributed by atoms with Crippen LogP contribution >= 0.6 is 23.2 Å². The number of halogens is 2. The largest absolute Gasteiger partial charge is 0.416 e. The Labute approximate surface area is 205 Å². The van der Waals surface area contributed by atoms with Crippen molar-refractivity contribution in [3.05, 3.63) is 52.9 Å². The van der Waals surface area contributed by atoms with E-state index >= 15 is 0 Å². The lowest BCUT2D eigenvalue weighted by molar-refractivity contribution is -0.130. The van der Waals surface area contributed by atoms with Gasteiger partial charge in [-0.3, -0.25) is 9.48 Å². The second kappa shape index (κ2) is 9.08. The number of nitrogen functional groups attached to an aromatic ring is 1. The number of likely N-dealkylation sites (tertiary alicyclic amines) is 1. The monoisotopic (exact) mass is 497 g/mol. The van der Waals surface area contributed by atoms with E-state index in [-0.39, 0.29) is 29.5 Å². The van der Waals surface area contributed by atoms with Crippen LogP contribution in [-0.4, -0.2) is 48.9 Å². The molecule has 0 spiro atoms. The van der Waals surface area contributed by atoms with Gasteiger partial charge in [0.1, 0.15) is 5.82 Å². The maximum Gasteiger partial charge on any atom is 0.251 e. The molecule has 5 rings (SSSR count). The third-order valence-corrected chi connectivity index (χ3v) is 6.60. The lowest BCUT2D eigenvalue weighted by atomic mass is 10.1. The van der Waals surface area contributed by atoms with E-state index in [1.807, 2.05) is 21.8 Å². The topological polar surface area (TPSA) is 116 Å². The van der Waals surface area contributed by atoms with Gasteiger partial charge in [-0.2, -0.15) is 5.10 Å². The van der Waals surface area contributed by atoms with Crippen LogP contribution in [0.25, 0.3) is 34.0 Å². The van der Waals surface area contributed by atoms with E-state index in [1.165, 1.54) is 0 Å². The molecule has 1 fully saturated rings. The van der Waals surface area contributed by atoms with E-state index in [4.69, 9.17) is 33.4 Å². The summed E-state index contributed by atoms with van der Waals surface area (Å²) in [6.45, 7) is 3.07. The first-order chi connectivity index (χ1) is 16.4. The van der Waals surface area contributed by atoms with Crippen molar-refractivity contribution in [1.82, 2.24) is 29.9 Å². The number of nitrogens with two attached hydrogens (primary N) is 1. The van der Waals surface area contributed by atoms with E-state index in [0.717, 1.165) is 37.1 Å². The highest BCUT2D eigenvalue weighted by Gasteiger charge is 2.23. The number of rotatable bonds is 4. The number of anilines is 1. The Bertz CT molecular complexity index is 1340. The van der Waals surface area contributed by atoms with Gasteiger partial charge < -0.3 is 15.1 Å². The molecule has 1 aromatic carbocycles. The molecule has 34 heavy (non-hydrogen) atoms. The maximum atomic E-state index is 11.6. The smallest absolute Gasteiger partial charge is 0.251 e. The number of carbonyl (C=O) groups is 1. The number of amides is 1. The fourth-order valence-corrected chi connectivity index (χ4v) is 4.63. The fourth-order valence-electron chi connectivity index (χ4n) is 4.07. The average Bonchev–Trinajstić information content (AvgIpc) is 3.50. The second-order valence-corrected chi connectivity index (χ2v) is 8.93. The molecule has 174 valence electrons. The molecule has 9 nitrogen and oxygen atoms in total. The van der Waals surface area contributed by atoms with Gasteiger partial charge in [0.15, 0.2) is 0 Å². The van der Waals surface area contributed by atoms with Crippen LogP contribution in [-0.2, 0) is 4.79 Å². The van der Waals surface area contributed by atoms with Crippen LogP contribution in [0.2, 0.25) is 10.0 Å². The van der Waals surface area contributed by atoms with Gasteiger partial charge in [0, 0.05) is 43.5 Å². The molecular formula is C23H21Cl2N7O2. The van der Waals surface area contributed by atoms with Crippen molar-refractivity contribution in [2.75, 3.05) is 18.8 Å². The summed E-state index contributed by atoms with van der Waals surface area (Å²) < 4.78 is 7.81. The number of piperidine rings is 1. The third-order valence-electron chi connectivity index (χ3n) is 5.97. The Morgan fingerprint density at radius 3 is 2.50 bits per heavy atom. The summed E-state index contributed by atoms with van der Waals surface area (Å²) in [4.78, 5) is 17.8. The summed E-state index contributed by atoms with van der Waals surface area (Å²) in [5, 5.41) is 13.6. The Hall–Kier alpha value is -3.43. The van der Waals surface area contributed by atoms with Crippen molar-refractivity contribution in [2.24, 2.45) is 0 Å². The van der Waals surface area contributed by atoms with Gasteiger partial charge in [-0.05, 0) is 31.0 Å². The van der Waals surface area contributed by atoms with Crippen LogP contribution in [0.1, 0.15) is 25.8 Å². The Kier molecular flexibility index (Phi) is 5.97. The lowest BCUT2D eigenvalue weighted by Gasteiger charge is -2.31. The molecule has 3 aromatic heterocycles.